The Labute approximate surface area is 151 Å². The van der Waals surface area contributed by atoms with Crippen LogP contribution in [0.1, 0.15) is 6.42 Å². The predicted octanol–water partition coefficient (Wildman–Crippen LogP) is 2.40. The topological polar surface area (TPSA) is 88.1 Å². The number of anilines is 2. The highest BCUT2D eigenvalue weighted by Gasteiger charge is 2.36. The third-order valence-electron chi connectivity index (χ3n) is 4.31. The van der Waals surface area contributed by atoms with E-state index in [0.717, 1.165) is 0 Å². The molecule has 0 bridgehead atoms. The first kappa shape index (κ1) is 17.6. The number of aromatic hydroxyl groups is 1. The first-order chi connectivity index (χ1) is 12.5. The van der Waals surface area contributed by atoms with E-state index >= 15 is 0 Å². The van der Waals surface area contributed by atoms with E-state index in [9.17, 15) is 14.7 Å². The van der Waals surface area contributed by atoms with E-state index in [-0.39, 0.29) is 30.5 Å². The van der Waals surface area contributed by atoms with E-state index in [0.29, 0.717) is 22.9 Å². The molecule has 2 N–H and O–H groups in total. The van der Waals surface area contributed by atoms with Crippen LogP contribution < -0.4 is 19.7 Å². The van der Waals surface area contributed by atoms with Crippen molar-refractivity contribution in [2.24, 2.45) is 5.92 Å². The molecule has 2 aromatic rings. The van der Waals surface area contributed by atoms with Crippen molar-refractivity contribution in [3.63, 3.8) is 0 Å². The van der Waals surface area contributed by atoms with Gasteiger partial charge in [-0.15, -0.1) is 0 Å². The smallest absolute Gasteiger partial charge is 0.229 e. The predicted molar refractivity (Wildman–Crippen MR) is 96.7 cm³/mol. The molecule has 0 aliphatic carbocycles. The minimum Gasteiger partial charge on any atom is -0.508 e. The SMILES string of the molecule is COc1ccc(OC)c(N2CC(C(=O)Nc3ccc(O)cc3)CC2=O)c1. The van der Waals surface area contributed by atoms with Crippen LogP contribution in [-0.4, -0.2) is 37.7 Å². The molecule has 7 heteroatoms. The maximum Gasteiger partial charge on any atom is 0.229 e. The number of hydrogen-bond donors (Lipinski definition) is 2. The van der Waals surface area contributed by atoms with Crippen molar-refractivity contribution in [3.05, 3.63) is 42.5 Å². The molecule has 0 saturated carbocycles. The van der Waals surface area contributed by atoms with Crippen molar-refractivity contribution in [1.82, 2.24) is 0 Å². The van der Waals surface area contributed by atoms with E-state index in [1.165, 1.54) is 19.2 Å². The van der Waals surface area contributed by atoms with Crippen molar-refractivity contribution in [2.75, 3.05) is 31.0 Å². The molecular weight excluding hydrogens is 336 g/mol. The van der Waals surface area contributed by atoms with E-state index < -0.39 is 5.92 Å². The number of methoxy groups -OCH3 is 2. The number of amides is 2. The molecule has 2 amide bonds. The maximum atomic E-state index is 12.5. The van der Waals surface area contributed by atoms with E-state index in [1.54, 1.807) is 42.3 Å². The van der Waals surface area contributed by atoms with Gasteiger partial charge in [0.2, 0.25) is 11.8 Å². The summed E-state index contributed by atoms with van der Waals surface area (Å²) in [7, 11) is 3.08. The number of carbonyl (C=O) groups excluding carboxylic acids is 2. The van der Waals surface area contributed by atoms with Crippen molar-refractivity contribution in [2.45, 2.75) is 6.42 Å². The van der Waals surface area contributed by atoms with Crippen LogP contribution >= 0.6 is 0 Å². The molecule has 1 saturated heterocycles. The van der Waals surface area contributed by atoms with Gasteiger partial charge in [0, 0.05) is 24.7 Å². The molecule has 1 aliphatic rings. The molecule has 1 atom stereocenters. The normalized spacial score (nSPS) is 16.5. The molecule has 0 radical (unpaired) electrons. The molecule has 0 spiro atoms. The third kappa shape index (κ3) is 3.56. The average Bonchev–Trinajstić information content (AvgIpc) is 3.04. The highest BCUT2D eigenvalue weighted by molar-refractivity contribution is 6.04. The second-order valence-electron chi connectivity index (χ2n) is 5.98. The summed E-state index contributed by atoms with van der Waals surface area (Å²) in [5.41, 5.74) is 1.15. The molecule has 7 nitrogen and oxygen atoms in total. The number of nitrogens with zero attached hydrogens (tertiary/aromatic N) is 1. The number of benzene rings is 2. The summed E-state index contributed by atoms with van der Waals surface area (Å²) in [4.78, 5) is 26.5. The Morgan fingerprint density at radius 1 is 1.15 bits per heavy atom. The quantitative estimate of drug-likeness (QED) is 0.803. The van der Waals surface area contributed by atoms with Gasteiger partial charge < -0.3 is 24.8 Å². The van der Waals surface area contributed by atoms with Gasteiger partial charge in [-0.1, -0.05) is 0 Å². The second-order valence-corrected chi connectivity index (χ2v) is 5.98. The number of nitrogens with one attached hydrogen (secondary N) is 1. The molecule has 3 rings (SSSR count). The second kappa shape index (κ2) is 7.35. The van der Waals surface area contributed by atoms with Crippen LogP contribution in [0.3, 0.4) is 0 Å². The van der Waals surface area contributed by atoms with Crippen molar-refractivity contribution in [1.29, 1.82) is 0 Å². The molecule has 1 heterocycles. The number of hydrogen-bond acceptors (Lipinski definition) is 5. The third-order valence-corrected chi connectivity index (χ3v) is 4.31. The lowest BCUT2D eigenvalue weighted by Crippen LogP contribution is -2.28. The Bertz CT molecular complexity index is 819. The number of ether oxygens (including phenoxy) is 2. The van der Waals surface area contributed by atoms with Gasteiger partial charge in [-0.2, -0.15) is 0 Å². The first-order valence-electron chi connectivity index (χ1n) is 8.14. The summed E-state index contributed by atoms with van der Waals surface area (Å²) in [5.74, 6) is 0.391. The highest BCUT2D eigenvalue weighted by atomic mass is 16.5. The Hall–Kier alpha value is -3.22. The van der Waals surface area contributed by atoms with Gasteiger partial charge in [0.1, 0.15) is 17.2 Å². The van der Waals surface area contributed by atoms with Gasteiger partial charge in [0.25, 0.3) is 0 Å². The zero-order valence-corrected chi connectivity index (χ0v) is 14.6. The van der Waals surface area contributed by atoms with Gasteiger partial charge in [-0.25, -0.2) is 0 Å². The zero-order chi connectivity index (χ0) is 18.7. The molecular formula is C19H20N2O5. The van der Waals surface area contributed by atoms with Crippen LogP contribution in [0.4, 0.5) is 11.4 Å². The molecule has 1 unspecified atom stereocenters. The Balaban J connectivity index is 1.76. The lowest BCUT2D eigenvalue weighted by Gasteiger charge is -2.20. The Kier molecular flexibility index (Phi) is 4.97. The summed E-state index contributed by atoms with van der Waals surface area (Å²) >= 11 is 0. The molecule has 1 aliphatic heterocycles. The number of carbonyl (C=O) groups is 2. The van der Waals surface area contributed by atoms with E-state index in [4.69, 9.17) is 9.47 Å². The number of phenolic OH excluding ortho intramolecular Hbond substituents is 1. The standard InChI is InChI=1S/C19H20N2O5/c1-25-15-7-8-17(26-2)16(10-15)21-11-12(9-18(21)23)19(24)20-13-3-5-14(22)6-4-13/h3-8,10,12,22H,9,11H2,1-2H3,(H,20,24). The van der Waals surface area contributed by atoms with Crippen LogP contribution in [0.25, 0.3) is 0 Å². The van der Waals surface area contributed by atoms with Gasteiger partial charge in [0.05, 0.1) is 25.8 Å². The van der Waals surface area contributed by atoms with Crippen molar-refractivity contribution >= 4 is 23.2 Å². The number of phenols is 1. The molecule has 0 aromatic heterocycles. The fourth-order valence-corrected chi connectivity index (χ4v) is 2.91. The van der Waals surface area contributed by atoms with E-state index in [1.807, 2.05) is 0 Å². The van der Waals surface area contributed by atoms with Gasteiger partial charge >= 0.3 is 0 Å². The van der Waals surface area contributed by atoms with E-state index in [2.05, 4.69) is 5.32 Å². The summed E-state index contributed by atoms with van der Waals surface area (Å²) in [6.45, 7) is 0.256. The lowest BCUT2D eigenvalue weighted by molar-refractivity contribution is -0.122. The first-order valence-corrected chi connectivity index (χ1v) is 8.14. The summed E-state index contributed by atoms with van der Waals surface area (Å²) < 4.78 is 10.6. The summed E-state index contributed by atoms with van der Waals surface area (Å²) in [6.07, 6.45) is 0.115. The molecule has 136 valence electrons. The summed E-state index contributed by atoms with van der Waals surface area (Å²) in [6, 6.07) is 11.4. The zero-order valence-electron chi connectivity index (χ0n) is 14.6. The molecule has 1 fully saturated rings. The Morgan fingerprint density at radius 3 is 2.54 bits per heavy atom. The minimum absolute atomic E-state index is 0.115. The largest absolute Gasteiger partial charge is 0.508 e. The van der Waals surface area contributed by atoms with Gasteiger partial charge in [-0.3, -0.25) is 9.59 Å². The lowest BCUT2D eigenvalue weighted by atomic mass is 10.1. The van der Waals surface area contributed by atoms with Crippen LogP contribution in [-0.2, 0) is 9.59 Å². The average molecular weight is 356 g/mol. The van der Waals surface area contributed by atoms with Crippen LogP contribution in [0.5, 0.6) is 17.2 Å². The maximum absolute atomic E-state index is 12.5. The van der Waals surface area contributed by atoms with Crippen LogP contribution in [0.15, 0.2) is 42.5 Å². The monoisotopic (exact) mass is 356 g/mol. The Morgan fingerprint density at radius 2 is 1.88 bits per heavy atom. The fraction of sp³-hybridized carbons (Fsp3) is 0.263. The highest BCUT2D eigenvalue weighted by Crippen LogP contribution is 2.36. The van der Waals surface area contributed by atoms with Crippen molar-refractivity contribution in [3.8, 4) is 17.2 Å². The summed E-state index contributed by atoms with van der Waals surface area (Å²) in [5, 5.41) is 12.1. The van der Waals surface area contributed by atoms with Gasteiger partial charge in [0.15, 0.2) is 0 Å². The van der Waals surface area contributed by atoms with Crippen LogP contribution in [0, 0.1) is 5.92 Å². The van der Waals surface area contributed by atoms with Crippen molar-refractivity contribution < 1.29 is 24.2 Å². The minimum atomic E-state index is -0.479. The number of rotatable bonds is 5. The van der Waals surface area contributed by atoms with Gasteiger partial charge in [-0.05, 0) is 36.4 Å². The molecule has 26 heavy (non-hydrogen) atoms. The fourth-order valence-electron chi connectivity index (χ4n) is 2.91. The molecule has 2 aromatic carbocycles. The van der Waals surface area contributed by atoms with Crippen LogP contribution in [0.2, 0.25) is 0 Å².